The molecule has 0 bridgehead atoms. The van der Waals surface area contributed by atoms with Gasteiger partial charge < -0.3 is 14.0 Å². The first-order chi connectivity index (χ1) is 25.8. The monoisotopic (exact) mass is 665 g/mol. The summed E-state index contributed by atoms with van der Waals surface area (Å²) in [6.45, 7) is 0. The molecular weight excluding hydrogens is 635 g/mol. The van der Waals surface area contributed by atoms with Gasteiger partial charge in [-0.1, -0.05) is 133 Å². The second kappa shape index (κ2) is 11.1. The van der Waals surface area contributed by atoms with Crippen molar-refractivity contribution in [3.05, 3.63) is 210 Å². The van der Waals surface area contributed by atoms with Crippen molar-refractivity contribution in [2.75, 3.05) is 0 Å². The van der Waals surface area contributed by atoms with E-state index in [2.05, 4.69) is 193 Å². The van der Waals surface area contributed by atoms with Gasteiger partial charge in [-0.05, 0) is 76.9 Å². The molecule has 0 saturated heterocycles. The quantitative estimate of drug-likeness (QED) is 0.187. The number of ether oxygens (including phenoxy) is 2. The van der Waals surface area contributed by atoms with Crippen molar-refractivity contribution in [3.63, 3.8) is 0 Å². The zero-order valence-corrected chi connectivity index (χ0v) is 28.2. The Balaban J connectivity index is 1.22. The molecular formula is C49H31NO2. The molecule has 2 aliphatic heterocycles. The summed E-state index contributed by atoms with van der Waals surface area (Å²) < 4.78 is 16.0. The Hall–Kier alpha value is -6.84. The Morgan fingerprint density at radius 3 is 1.73 bits per heavy atom. The summed E-state index contributed by atoms with van der Waals surface area (Å²) in [4.78, 5) is 0. The molecule has 9 aromatic rings. The fourth-order valence-electron chi connectivity index (χ4n) is 8.77. The van der Waals surface area contributed by atoms with Gasteiger partial charge in [0.05, 0.1) is 16.4 Å². The van der Waals surface area contributed by atoms with E-state index in [1.165, 1.54) is 21.8 Å². The second-order valence-corrected chi connectivity index (χ2v) is 13.6. The molecule has 3 heteroatoms. The molecule has 1 atom stereocenters. The molecule has 52 heavy (non-hydrogen) atoms. The molecule has 0 radical (unpaired) electrons. The molecule has 3 nitrogen and oxygen atoms in total. The number of hydrogen-bond donors (Lipinski definition) is 0. The Morgan fingerprint density at radius 2 is 0.942 bits per heavy atom. The standard InChI is InChI=1S/C49H31NO2/c1-3-14-32(15-4-1)36-19-13-25-47-48(36)49(40-21-9-12-24-45(40)52-47)39-20-8-11-23-44(39)51-46-29-27-33(30-41(46)49)34-26-28-38-37-18-7-10-22-42(37)50(43(38)31-34)35-16-5-2-6-17-35/h1-31H. The van der Waals surface area contributed by atoms with Crippen molar-refractivity contribution in [2.45, 2.75) is 5.41 Å². The van der Waals surface area contributed by atoms with E-state index in [9.17, 15) is 0 Å². The molecule has 0 fully saturated rings. The summed E-state index contributed by atoms with van der Waals surface area (Å²) in [5.74, 6) is 3.39. The topological polar surface area (TPSA) is 23.4 Å². The number of hydrogen-bond acceptors (Lipinski definition) is 2. The van der Waals surface area contributed by atoms with E-state index in [0.29, 0.717) is 0 Å². The van der Waals surface area contributed by atoms with Crippen LogP contribution in [0.1, 0.15) is 22.3 Å². The molecule has 0 N–H and O–H groups in total. The Labute approximate surface area is 301 Å². The van der Waals surface area contributed by atoms with Gasteiger partial charge in [0.15, 0.2) is 0 Å². The molecule has 244 valence electrons. The largest absolute Gasteiger partial charge is 0.457 e. The maximum Gasteiger partial charge on any atom is 0.132 e. The van der Waals surface area contributed by atoms with Gasteiger partial charge in [-0.2, -0.15) is 0 Å². The molecule has 1 aromatic heterocycles. The highest BCUT2D eigenvalue weighted by Crippen LogP contribution is 2.63. The summed E-state index contributed by atoms with van der Waals surface area (Å²) >= 11 is 0. The average Bonchev–Trinajstić information content (AvgIpc) is 3.55. The number of aromatic nitrogens is 1. The first-order valence-corrected chi connectivity index (χ1v) is 17.8. The third-order valence-electron chi connectivity index (χ3n) is 10.9. The molecule has 3 heterocycles. The maximum atomic E-state index is 6.81. The van der Waals surface area contributed by atoms with E-state index >= 15 is 0 Å². The number of benzene rings is 8. The van der Waals surface area contributed by atoms with Crippen LogP contribution in [0.4, 0.5) is 0 Å². The molecule has 0 aliphatic carbocycles. The van der Waals surface area contributed by atoms with Crippen LogP contribution in [0.3, 0.4) is 0 Å². The van der Waals surface area contributed by atoms with Gasteiger partial charge in [0.1, 0.15) is 23.0 Å². The first kappa shape index (κ1) is 28.9. The van der Waals surface area contributed by atoms with Crippen LogP contribution in [0.25, 0.3) is 49.7 Å². The molecule has 0 amide bonds. The fourth-order valence-corrected chi connectivity index (χ4v) is 8.77. The zero-order chi connectivity index (χ0) is 34.2. The van der Waals surface area contributed by atoms with Crippen molar-refractivity contribution in [3.8, 4) is 50.9 Å². The summed E-state index contributed by atoms with van der Waals surface area (Å²) in [5.41, 5.74) is 11.7. The van der Waals surface area contributed by atoms with Gasteiger partial charge in [0.25, 0.3) is 0 Å². The number of rotatable bonds is 3. The number of fused-ring (bicyclic) bond motifs is 11. The van der Waals surface area contributed by atoms with Crippen LogP contribution in [-0.2, 0) is 5.41 Å². The van der Waals surface area contributed by atoms with Crippen LogP contribution in [0.5, 0.6) is 23.0 Å². The third kappa shape index (κ3) is 4.02. The average molecular weight is 666 g/mol. The summed E-state index contributed by atoms with van der Waals surface area (Å²) in [6, 6.07) is 67.0. The zero-order valence-electron chi connectivity index (χ0n) is 28.2. The molecule has 8 aromatic carbocycles. The molecule has 1 spiro atoms. The highest BCUT2D eigenvalue weighted by atomic mass is 16.5. The predicted octanol–water partition coefficient (Wildman–Crippen LogP) is 12.7. The smallest absolute Gasteiger partial charge is 0.132 e. The SMILES string of the molecule is c1ccc(-c2cccc3c2C2(c4ccccc4Oc4ccc(-c5ccc6c7ccccc7n(-c7ccccc7)c6c5)cc42)c2ccccc2O3)cc1. The van der Waals surface area contributed by atoms with Crippen molar-refractivity contribution < 1.29 is 9.47 Å². The van der Waals surface area contributed by atoms with E-state index in [4.69, 9.17) is 9.47 Å². The van der Waals surface area contributed by atoms with Crippen LogP contribution in [-0.4, -0.2) is 4.57 Å². The minimum Gasteiger partial charge on any atom is -0.457 e. The first-order valence-electron chi connectivity index (χ1n) is 17.8. The van der Waals surface area contributed by atoms with Gasteiger partial charge in [-0.3, -0.25) is 0 Å². The Kier molecular flexibility index (Phi) is 6.17. The van der Waals surface area contributed by atoms with Gasteiger partial charge in [0, 0.05) is 38.7 Å². The minimum atomic E-state index is -0.722. The molecule has 0 saturated carbocycles. The van der Waals surface area contributed by atoms with Gasteiger partial charge in [-0.25, -0.2) is 0 Å². The van der Waals surface area contributed by atoms with Crippen molar-refractivity contribution >= 4 is 21.8 Å². The van der Waals surface area contributed by atoms with Gasteiger partial charge >= 0.3 is 0 Å². The van der Waals surface area contributed by atoms with E-state index in [-0.39, 0.29) is 0 Å². The lowest BCUT2D eigenvalue weighted by atomic mass is 9.60. The summed E-state index contributed by atoms with van der Waals surface area (Å²) in [7, 11) is 0. The highest BCUT2D eigenvalue weighted by Gasteiger charge is 2.51. The van der Waals surface area contributed by atoms with Crippen LogP contribution in [0, 0.1) is 0 Å². The Bertz CT molecular complexity index is 2810. The number of para-hydroxylation sites is 4. The molecule has 2 aliphatic rings. The van der Waals surface area contributed by atoms with Crippen molar-refractivity contribution in [2.24, 2.45) is 0 Å². The third-order valence-corrected chi connectivity index (χ3v) is 10.9. The van der Waals surface area contributed by atoms with Crippen molar-refractivity contribution in [1.82, 2.24) is 4.57 Å². The minimum absolute atomic E-state index is 0.722. The molecule has 1 unspecified atom stereocenters. The van der Waals surface area contributed by atoms with Crippen LogP contribution >= 0.6 is 0 Å². The van der Waals surface area contributed by atoms with Crippen LogP contribution in [0.15, 0.2) is 188 Å². The van der Waals surface area contributed by atoms with E-state index in [0.717, 1.165) is 73.2 Å². The lowest BCUT2D eigenvalue weighted by Crippen LogP contribution is -2.37. The summed E-state index contributed by atoms with van der Waals surface area (Å²) in [5, 5.41) is 2.47. The van der Waals surface area contributed by atoms with E-state index < -0.39 is 5.41 Å². The van der Waals surface area contributed by atoms with E-state index in [1.807, 2.05) is 0 Å². The number of nitrogens with zero attached hydrogens (tertiary/aromatic N) is 1. The lowest BCUT2D eigenvalue weighted by Gasteiger charge is -2.45. The van der Waals surface area contributed by atoms with Gasteiger partial charge in [-0.15, -0.1) is 0 Å². The van der Waals surface area contributed by atoms with Crippen LogP contribution < -0.4 is 9.47 Å². The lowest BCUT2D eigenvalue weighted by molar-refractivity contribution is 0.400. The fraction of sp³-hybridized carbons (Fsp3) is 0.0204. The van der Waals surface area contributed by atoms with Gasteiger partial charge in [0.2, 0.25) is 0 Å². The maximum absolute atomic E-state index is 6.81. The van der Waals surface area contributed by atoms with Crippen LogP contribution in [0.2, 0.25) is 0 Å². The van der Waals surface area contributed by atoms with Crippen molar-refractivity contribution in [1.29, 1.82) is 0 Å². The normalized spacial score (nSPS) is 15.3. The van der Waals surface area contributed by atoms with E-state index in [1.54, 1.807) is 0 Å². The molecule has 11 rings (SSSR count). The summed E-state index contributed by atoms with van der Waals surface area (Å²) in [6.07, 6.45) is 0. The Morgan fingerprint density at radius 1 is 0.365 bits per heavy atom. The second-order valence-electron chi connectivity index (χ2n) is 13.6. The predicted molar refractivity (Wildman–Crippen MR) is 210 cm³/mol. The highest BCUT2D eigenvalue weighted by molar-refractivity contribution is 6.10.